The van der Waals surface area contributed by atoms with E-state index in [1.165, 1.54) is 0 Å². The summed E-state index contributed by atoms with van der Waals surface area (Å²) < 4.78 is 27.7. The first-order chi connectivity index (χ1) is 14.2. The van der Waals surface area contributed by atoms with E-state index in [4.69, 9.17) is 4.98 Å². The van der Waals surface area contributed by atoms with E-state index in [-0.39, 0.29) is 5.41 Å². The monoisotopic (exact) mass is 441 g/mol. The van der Waals surface area contributed by atoms with Crippen LogP contribution in [0.15, 0.2) is 64.9 Å². The van der Waals surface area contributed by atoms with Crippen LogP contribution in [0.1, 0.15) is 26.3 Å². The molecule has 0 amide bonds. The van der Waals surface area contributed by atoms with Crippen LogP contribution in [0, 0.1) is 0 Å². The third-order valence-corrected chi connectivity index (χ3v) is 8.24. The number of thiazole rings is 1. The van der Waals surface area contributed by atoms with Crippen molar-refractivity contribution >= 4 is 26.5 Å². The number of piperazine rings is 1. The van der Waals surface area contributed by atoms with Gasteiger partial charge >= 0.3 is 0 Å². The highest BCUT2D eigenvalue weighted by Gasteiger charge is 2.29. The molecule has 158 valence electrons. The molecule has 1 saturated heterocycles. The van der Waals surface area contributed by atoms with Gasteiger partial charge in [0.1, 0.15) is 0 Å². The van der Waals surface area contributed by atoms with E-state index >= 15 is 0 Å². The Balaban J connectivity index is 1.43. The molecule has 1 aliphatic rings. The number of sulfonamides is 1. The van der Waals surface area contributed by atoms with Crippen molar-refractivity contribution in [3.63, 3.8) is 0 Å². The minimum Gasteiger partial charge on any atom is -0.345 e. The second-order valence-corrected chi connectivity index (χ2v) is 11.3. The zero-order chi connectivity index (χ0) is 21.4. The van der Waals surface area contributed by atoms with Gasteiger partial charge in [0.2, 0.25) is 10.0 Å². The Morgan fingerprint density at radius 1 is 0.900 bits per heavy atom. The lowest BCUT2D eigenvalue weighted by Crippen LogP contribution is -2.48. The normalized spacial score (nSPS) is 16.0. The van der Waals surface area contributed by atoms with Crippen molar-refractivity contribution in [3.05, 3.63) is 65.5 Å². The molecule has 4 rings (SSSR count). The van der Waals surface area contributed by atoms with E-state index in [0.717, 1.165) is 22.0 Å². The van der Waals surface area contributed by atoms with Gasteiger partial charge in [-0.25, -0.2) is 13.4 Å². The zero-order valence-corrected chi connectivity index (χ0v) is 19.2. The van der Waals surface area contributed by atoms with Crippen LogP contribution in [0.2, 0.25) is 0 Å². The molecule has 30 heavy (non-hydrogen) atoms. The standard InChI is InChI=1S/C23H27N3O2S2/c1-23(2,3)19-9-11-20(12-10-19)30(27,28)26-15-13-25(14-16-26)22-24-21(17-29-22)18-7-5-4-6-8-18/h4-12,17H,13-16H2,1-3H3. The summed E-state index contributed by atoms with van der Waals surface area (Å²) in [5.74, 6) is 0. The van der Waals surface area contributed by atoms with Crippen LogP contribution in [0.3, 0.4) is 0 Å². The minimum absolute atomic E-state index is 0.000226. The minimum atomic E-state index is -3.48. The highest BCUT2D eigenvalue weighted by molar-refractivity contribution is 7.89. The van der Waals surface area contributed by atoms with Gasteiger partial charge < -0.3 is 4.90 Å². The van der Waals surface area contributed by atoms with E-state index in [1.807, 2.05) is 42.5 Å². The summed E-state index contributed by atoms with van der Waals surface area (Å²) in [6.45, 7) is 8.57. The number of benzene rings is 2. The first-order valence-corrected chi connectivity index (χ1v) is 12.4. The van der Waals surface area contributed by atoms with E-state index in [0.29, 0.717) is 31.1 Å². The second-order valence-electron chi connectivity index (χ2n) is 8.55. The van der Waals surface area contributed by atoms with E-state index in [1.54, 1.807) is 27.8 Å². The molecule has 5 nitrogen and oxygen atoms in total. The van der Waals surface area contributed by atoms with E-state index < -0.39 is 10.0 Å². The zero-order valence-electron chi connectivity index (χ0n) is 17.6. The summed E-state index contributed by atoms with van der Waals surface area (Å²) in [4.78, 5) is 7.30. The first-order valence-electron chi connectivity index (χ1n) is 10.1. The molecule has 1 aromatic heterocycles. The number of hydrogen-bond donors (Lipinski definition) is 0. The van der Waals surface area contributed by atoms with Gasteiger partial charge in [0.15, 0.2) is 5.13 Å². The first kappa shape index (κ1) is 21.0. The second kappa shape index (κ2) is 8.13. The average Bonchev–Trinajstić information content (AvgIpc) is 3.24. The molecule has 0 saturated carbocycles. The fraction of sp³-hybridized carbons (Fsp3) is 0.348. The van der Waals surface area contributed by atoms with Crippen LogP contribution in [0.4, 0.5) is 5.13 Å². The molecule has 0 spiro atoms. The van der Waals surface area contributed by atoms with Gasteiger partial charge in [-0.1, -0.05) is 63.2 Å². The van der Waals surface area contributed by atoms with Crippen LogP contribution < -0.4 is 4.90 Å². The Morgan fingerprint density at radius 3 is 2.13 bits per heavy atom. The lowest BCUT2D eigenvalue weighted by molar-refractivity contribution is 0.384. The molecular weight excluding hydrogens is 414 g/mol. The molecular formula is C23H27N3O2S2. The van der Waals surface area contributed by atoms with Crippen molar-refractivity contribution in [2.45, 2.75) is 31.1 Å². The number of aromatic nitrogens is 1. The van der Waals surface area contributed by atoms with Crippen molar-refractivity contribution in [3.8, 4) is 11.3 Å². The molecule has 0 N–H and O–H groups in total. The third kappa shape index (κ3) is 4.29. The molecule has 1 fully saturated rings. The van der Waals surface area contributed by atoms with Gasteiger partial charge in [0, 0.05) is 37.1 Å². The van der Waals surface area contributed by atoms with Crippen LogP contribution in [0.25, 0.3) is 11.3 Å². The maximum Gasteiger partial charge on any atom is 0.243 e. The number of rotatable bonds is 4. The molecule has 1 aliphatic heterocycles. The van der Waals surface area contributed by atoms with Crippen molar-refractivity contribution < 1.29 is 8.42 Å². The van der Waals surface area contributed by atoms with Gasteiger partial charge in [-0.05, 0) is 23.1 Å². The Labute approximate surface area is 183 Å². The Hall–Kier alpha value is -2.22. The van der Waals surface area contributed by atoms with Gasteiger partial charge in [-0.3, -0.25) is 0 Å². The fourth-order valence-electron chi connectivity index (χ4n) is 3.55. The number of nitrogens with zero attached hydrogens (tertiary/aromatic N) is 3. The van der Waals surface area contributed by atoms with Gasteiger partial charge in [-0.15, -0.1) is 11.3 Å². The Kier molecular flexibility index (Phi) is 5.70. The molecule has 0 radical (unpaired) electrons. The largest absolute Gasteiger partial charge is 0.345 e. The lowest BCUT2D eigenvalue weighted by Gasteiger charge is -2.33. The van der Waals surface area contributed by atoms with Crippen LogP contribution >= 0.6 is 11.3 Å². The molecule has 0 aliphatic carbocycles. The molecule has 7 heteroatoms. The predicted octanol–water partition coefficient (Wildman–Crippen LogP) is 4.62. The predicted molar refractivity (Wildman–Crippen MR) is 124 cm³/mol. The summed E-state index contributed by atoms with van der Waals surface area (Å²) in [7, 11) is -3.48. The highest BCUT2D eigenvalue weighted by Crippen LogP contribution is 2.29. The quantitative estimate of drug-likeness (QED) is 0.593. The summed E-state index contributed by atoms with van der Waals surface area (Å²) in [5, 5.41) is 3.00. The maximum atomic E-state index is 13.1. The summed E-state index contributed by atoms with van der Waals surface area (Å²) in [6, 6.07) is 17.4. The molecule has 0 bridgehead atoms. The average molecular weight is 442 g/mol. The summed E-state index contributed by atoms with van der Waals surface area (Å²) in [6.07, 6.45) is 0. The lowest BCUT2D eigenvalue weighted by atomic mass is 9.87. The Bertz CT molecular complexity index is 1090. The van der Waals surface area contributed by atoms with Crippen molar-refractivity contribution in [1.82, 2.24) is 9.29 Å². The van der Waals surface area contributed by atoms with Crippen molar-refractivity contribution in [1.29, 1.82) is 0 Å². The van der Waals surface area contributed by atoms with Gasteiger partial charge in [0.25, 0.3) is 0 Å². The highest BCUT2D eigenvalue weighted by atomic mass is 32.2. The number of hydrogen-bond acceptors (Lipinski definition) is 5. The molecule has 2 aromatic carbocycles. The van der Waals surface area contributed by atoms with Crippen LogP contribution in [-0.4, -0.2) is 43.9 Å². The summed E-state index contributed by atoms with van der Waals surface area (Å²) >= 11 is 1.61. The molecule has 0 atom stereocenters. The molecule has 0 unspecified atom stereocenters. The molecule has 2 heterocycles. The van der Waals surface area contributed by atoms with Crippen molar-refractivity contribution in [2.75, 3.05) is 31.1 Å². The smallest absolute Gasteiger partial charge is 0.243 e. The topological polar surface area (TPSA) is 53.5 Å². The summed E-state index contributed by atoms with van der Waals surface area (Å²) in [5.41, 5.74) is 3.19. The SMILES string of the molecule is CC(C)(C)c1ccc(S(=O)(=O)N2CCN(c3nc(-c4ccccc4)cs3)CC2)cc1. The van der Waals surface area contributed by atoms with E-state index in [9.17, 15) is 8.42 Å². The van der Waals surface area contributed by atoms with Crippen molar-refractivity contribution in [2.24, 2.45) is 0 Å². The van der Waals surface area contributed by atoms with Gasteiger partial charge in [0.05, 0.1) is 10.6 Å². The Morgan fingerprint density at radius 2 is 1.53 bits per heavy atom. The van der Waals surface area contributed by atoms with Crippen LogP contribution in [-0.2, 0) is 15.4 Å². The third-order valence-electron chi connectivity index (χ3n) is 5.43. The van der Waals surface area contributed by atoms with Gasteiger partial charge in [-0.2, -0.15) is 4.31 Å². The fourth-order valence-corrected chi connectivity index (χ4v) is 5.86. The van der Waals surface area contributed by atoms with E-state index in [2.05, 4.69) is 31.1 Å². The maximum absolute atomic E-state index is 13.1. The molecule has 3 aromatic rings. The van der Waals surface area contributed by atoms with Crippen LogP contribution in [0.5, 0.6) is 0 Å². The number of anilines is 1.